The molecule has 5 aliphatic rings. The second-order valence-corrected chi connectivity index (χ2v) is 9.28. The number of carbonyl (C=O) groups is 1. The molecule has 0 radical (unpaired) electrons. The molecule has 0 N–H and O–H groups in total. The highest BCUT2D eigenvalue weighted by Crippen LogP contribution is 2.73. The van der Waals surface area contributed by atoms with E-state index in [9.17, 15) is 9.18 Å². The van der Waals surface area contributed by atoms with E-state index in [1.165, 1.54) is 0 Å². The molecule has 5 rings (SSSR count). The minimum atomic E-state index is -0.670. The summed E-state index contributed by atoms with van der Waals surface area (Å²) in [5, 5.41) is 0. The molecule has 5 fully saturated rings. The van der Waals surface area contributed by atoms with Gasteiger partial charge in [-0.15, -0.1) is 0 Å². The summed E-state index contributed by atoms with van der Waals surface area (Å²) in [4.78, 5) is 12.4. The van der Waals surface area contributed by atoms with E-state index >= 15 is 0 Å². The van der Waals surface area contributed by atoms with Crippen molar-refractivity contribution in [1.82, 2.24) is 0 Å². The van der Waals surface area contributed by atoms with E-state index in [1.807, 2.05) is 0 Å². The normalized spacial score (nSPS) is 62.7. The van der Waals surface area contributed by atoms with Crippen LogP contribution in [0.2, 0.25) is 0 Å². The first kappa shape index (κ1) is 13.9. The van der Waals surface area contributed by atoms with Crippen LogP contribution in [0.4, 0.5) is 4.39 Å². The zero-order valence-corrected chi connectivity index (χ0v) is 13.7. The SMILES string of the molecule is CC12CCC3C(CC4OC45CC(F)CCC35C)C1CCC2=O. The van der Waals surface area contributed by atoms with Gasteiger partial charge in [0, 0.05) is 23.7 Å². The van der Waals surface area contributed by atoms with Gasteiger partial charge in [0.1, 0.15) is 17.6 Å². The highest BCUT2D eigenvalue weighted by atomic mass is 19.1. The minimum absolute atomic E-state index is 0.0658. The number of Topliss-reactive ketones (excluding diaryl/α,β-unsaturated/α-hetero) is 1. The lowest BCUT2D eigenvalue weighted by atomic mass is 9.45. The summed E-state index contributed by atoms with van der Waals surface area (Å²) in [6.45, 7) is 4.61. The summed E-state index contributed by atoms with van der Waals surface area (Å²) in [5.74, 6) is 2.33. The summed E-state index contributed by atoms with van der Waals surface area (Å²) in [6, 6.07) is 0. The van der Waals surface area contributed by atoms with Crippen molar-refractivity contribution in [2.24, 2.45) is 28.6 Å². The largest absolute Gasteiger partial charge is 0.365 e. The van der Waals surface area contributed by atoms with Gasteiger partial charge in [0.15, 0.2) is 0 Å². The molecule has 2 nitrogen and oxygen atoms in total. The molecular weight excluding hydrogens is 279 g/mol. The van der Waals surface area contributed by atoms with Crippen LogP contribution in [-0.2, 0) is 9.53 Å². The van der Waals surface area contributed by atoms with Crippen LogP contribution in [0.15, 0.2) is 0 Å². The molecule has 0 bridgehead atoms. The number of ketones is 1. The van der Waals surface area contributed by atoms with Gasteiger partial charge in [-0.1, -0.05) is 13.8 Å². The van der Waals surface area contributed by atoms with Gasteiger partial charge in [-0.3, -0.25) is 4.79 Å². The second-order valence-electron chi connectivity index (χ2n) is 9.28. The molecule has 8 atom stereocenters. The molecule has 0 aromatic heterocycles. The molecule has 1 spiro atoms. The maximum absolute atomic E-state index is 14.0. The Morgan fingerprint density at radius 3 is 2.77 bits per heavy atom. The van der Waals surface area contributed by atoms with Crippen LogP contribution >= 0.6 is 0 Å². The molecule has 8 unspecified atom stereocenters. The maximum Gasteiger partial charge on any atom is 0.139 e. The van der Waals surface area contributed by atoms with E-state index in [1.54, 1.807) is 0 Å². The van der Waals surface area contributed by atoms with E-state index in [-0.39, 0.29) is 22.5 Å². The third-order valence-electron chi connectivity index (χ3n) is 8.73. The summed E-state index contributed by atoms with van der Waals surface area (Å²) >= 11 is 0. The monoisotopic (exact) mass is 306 g/mol. The van der Waals surface area contributed by atoms with Crippen LogP contribution in [0.1, 0.15) is 65.2 Å². The summed E-state index contributed by atoms with van der Waals surface area (Å²) in [7, 11) is 0. The van der Waals surface area contributed by atoms with Gasteiger partial charge in [0.05, 0.1) is 6.10 Å². The standard InChI is InChI=1S/C19H27FO2/c1-17-7-6-14-12(13(17)3-4-15(17)21)9-16-19(22-16)10-11(20)5-8-18(14,19)2/h11-14,16H,3-10H2,1-2H3. The third kappa shape index (κ3) is 1.39. The molecule has 0 amide bonds. The van der Waals surface area contributed by atoms with Gasteiger partial charge in [-0.2, -0.15) is 0 Å². The quantitative estimate of drug-likeness (QED) is 0.631. The zero-order chi connectivity index (χ0) is 15.3. The molecule has 1 aliphatic heterocycles. The summed E-state index contributed by atoms with van der Waals surface area (Å²) in [5.41, 5.74) is -0.0674. The number of hydrogen-bond acceptors (Lipinski definition) is 2. The molecule has 1 heterocycles. The van der Waals surface area contributed by atoms with Crippen molar-refractivity contribution >= 4 is 5.78 Å². The van der Waals surface area contributed by atoms with Crippen LogP contribution in [0, 0.1) is 28.6 Å². The van der Waals surface area contributed by atoms with Crippen molar-refractivity contribution < 1.29 is 13.9 Å². The Balaban J connectivity index is 1.53. The molecule has 3 heteroatoms. The number of alkyl halides is 1. The molecule has 1 saturated heterocycles. The van der Waals surface area contributed by atoms with Crippen molar-refractivity contribution in [3.05, 3.63) is 0 Å². The average molecular weight is 306 g/mol. The van der Waals surface area contributed by atoms with Crippen LogP contribution < -0.4 is 0 Å². The van der Waals surface area contributed by atoms with E-state index in [4.69, 9.17) is 4.74 Å². The van der Waals surface area contributed by atoms with Gasteiger partial charge in [-0.25, -0.2) is 4.39 Å². The van der Waals surface area contributed by atoms with Crippen LogP contribution in [0.25, 0.3) is 0 Å². The Bertz CT molecular complexity index is 548. The van der Waals surface area contributed by atoms with Crippen molar-refractivity contribution in [2.75, 3.05) is 0 Å². The molecule has 22 heavy (non-hydrogen) atoms. The van der Waals surface area contributed by atoms with E-state index in [0.29, 0.717) is 36.4 Å². The lowest BCUT2D eigenvalue weighted by Gasteiger charge is -2.58. The van der Waals surface area contributed by atoms with Gasteiger partial charge in [0.2, 0.25) is 0 Å². The van der Waals surface area contributed by atoms with Gasteiger partial charge in [-0.05, 0) is 56.3 Å². The van der Waals surface area contributed by atoms with Gasteiger partial charge < -0.3 is 4.74 Å². The third-order valence-corrected chi connectivity index (χ3v) is 8.73. The maximum atomic E-state index is 14.0. The van der Waals surface area contributed by atoms with Crippen LogP contribution in [0.5, 0.6) is 0 Å². The molecule has 4 saturated carbocycles. The number of hydrogen-bond donors (Lipinski definition) is 0. The predicted octanol–water partition coefficient (Wildman–Crippen LogP) is 4.07. The zero-order valence-electron chi connectivity index (χ0n) is 13.7. The highest BCUT2D eigenvalue weighted by Gasteiger charge is 2.76. The fraction of sp³-hybridized carbons (Fsp3) is 0.947. The molecule has 0 aromatic rings. The molecule has 4 aliphatic carbocycles. The van der Waals surface area contributed by atoms with Crippen molar-refractivity contribution in [3.8, 4) is 0 Å². The van der Waals surface area contributed by atoms with Crippen molar-refractivity contribution in [1.29, 1.82) is 0 Å². The number of ether oxygens (including phenoxy) is 1. The Kier molecular flexibility index (Phi) is 2.51. The number of carbonyl (C=O) groups excluding carboxylic acids is 1. The first-order valence-corrected chi connectivity index (χ1v) is 9.26. The topological polar surface area (TPSA) is 29.6 Å². The number of fused-ring (bicyclic) bond motifs is 4. The molecular formula is C19H27FO2. The first-order valence-electron chi connectivity index (χ1n) is 9.26. The van der Waals surface area contributed by atoms with Crippen molar-refractivity contribution in [3.63, 3.8) is 0 Å². The Labute approximate surface area is 132 Å². The summed E-state index contributed by atoms with van der Waals surface area (Å²) in [6.07, 6.45) is 7.05. The Hall–Kier alpha value is -0.440. The van der Waals surface area contributed by atoms with E-state index < -0.39 is 6.17 Å². The minimum Gasteiger partial charge on any atom is -0.365 e. The lowest BCUT2D eigenvalue weighted by molar-refractivity contribution is -0.136. The van der Waals surface area contributed by atoms with Crippen LogP contribution in [0.3, 0.4) is 0 Å². The predicted molar refractivity (Wildman–Crippen MR) is 81.1 cm³/mol. The van der Waals surface area contributed by atoms with Crippen molar-refractivity contribution in [2.45, 2.75) is 83.1 Å². The summed E-state index contributed by atoms with van der Waals surface area (Å²) < 4.78 is 20.2. The lowest BCUT2D eigenvalue weighted by Crippen LogP contribution is -2.58. The first-order chi connectivity index (χ1) is 10.4. The van der Waals surface area contributed by atoms with E-state index in [0.717, 1.165) is 38.5 Å². The Morgan fingerprint density at radius 2 is 1.95 bits per heavy atom. The fourth-order valence-electron chi connectivity index (χ4n) is 7.40. The van der Waals surface area contributed by atoms with Gasteiger partial charge >= 0.3 is 0 Å². The smallest absolute Gasteiger partial charge is 0.139 e. The number of epoxide rings is 1. The Morgan fingerprint density at radius 1 is 1.14 bits per heavy atom. The fourth-order valence-corrected chi connectivity index (χ4v) is 7.40. The average Bonchev–Trinajstić information content (AvgIpc) is 3.08. The number of rotatable bonds is 0. The van der Waals surface area contributed by atoms with Crippen LogP contribution in [-0.4, -0.2) is 23.7 Å². The number of halogens is 1. The van der Waals surface area contributed by atoms with E-state index in [2.05, 4.69) is 13.8 Å². The highest BCUT2D eigenvalue weighted by molar-refractivity contribution is 5.87. The second kappa shape index (κ2) is 3.96. The van der Waals surface area contributed by atoms with Gasteiger partial charge in [0.25, 0.3) is 0 Å². The molecule has 122 valence electrons. The molecule has 0 aromatic carbocycles.